The first-order valence-electron chi connectivity index (χ1n) is 18.5. The average Bonchev–Trinajstić information content (AvgIpc) is 3.63. The van der Waals surface area contributed by atoms with Crippen molar-refractivity contribution in [2.75, 3.05) is 19.7 Å². The van der Waals surface area contributed by atoms with Crippen molar-refractivity contribution in [3.05, 3.63) is 35.9 Å². The normalized spacial score (nSPS) is 35.9. The van der Waals surface area contributed by atoms with Gasteiger partial charge in [-0.25, -0.2) is 9.59 Å². The second-order valence-electron chi connectivity index (χ2n) is 17.3. The molecule has 8 atom stereocenters. The highest BCUT2D eigenvalue weighted by Crippen LogP contribution is 2.68. The van der Waals surface area contributed by atoms with Gasteiger partial charge in [-0.1, -0.05) is 33.8 Å². The summed E-state index contributed by atoms with van der Waals surface area (Å²) in [5.41, 5.74) is 0.254. The predicted molar refractivity (Wildman–Crippen MR) is 189 cm³/mol. The molecule has 2 heterocycles. The quantitative estimate of drug-likeness (QED) is 0.231. The Morgan fingerprint density at radius 1 is 1.14 bits per heavy atom. The van der Waals surface area contributed by atoms with E-state index in [0.717, 1.165) is 30.4 Å². The lowest BCUT2D eigenvalue weighted by atomic mass is 9.44. The lowest BCUT2D eigenvalue weighted by Gasteiger charge is -2.61. The first kappa shape index (κ1) is 36.9. The van der Waals surface area contributed by atoms with Crippen molar-refractivity contribution in [3.8, 4) is 5.75 Å². The van der Waals surface area contributed by atoms with Crippen LogP contribution in [0.25, 0.3) is 0 Å². The number of ketones is 1. The fourth-order valence-electron chi connectivity index (χ4n) is 10.3. The lowest BCUT2D eigenvalue weighted by Crippen LogP contribution is -2.63. The number of piperidine rings is 1. The molecule has 3 saturated carbocycles. The number of hydrogen-bond donors (Lipinski definition) is 2. The SMILES string of the molecule is C=C[C@]1(C)CC(OC(=O)COc2cc3c(c(C4CCN(C(=O)OC(C)(C)C)CC4)c2)COB3O)[C@@]2(C)C3C(=O)CC[C@@]3(CC[C@H]2C)[C@@H](C)[C@@H]1O. The van der Waals surface area contributed by atoms with Crippen LogP contribution >= 0.6 is 0 Å². The summed E-state index contributed by atoms with van der Waals surface area (Å²) < 4.78 is 23.6. The number of aliphatic hydroxyl groups excluding tert-OH is 1. The number of carbonyl (C=O) groups excluding carboxylic acids is 3. The summed E-state index contributed by atoms with van der Waals surface area (Å²) in [5.74, 6) is -0.102. The molecule has 11 heteroatoms. The first-order valence-corrected chi connectivity index (χ1v) is 18.5. The Morgan fingerprint density at radius 3 is 2.50 bits per heavy atom. The third-order valence-electron chi connectivity index (χ3n) is 13.5. The van der Waals surface area contributed by atoms with Crippen molar-refractivity contribution in [1.29, 1.82) is 0 Å². The minimum atomic E-state index is -1.10. The molecule has 10 nitrogen and oxygen atoms in total. The van der Waals surface area contributed by atoms with Crippen LogP contribution in [0.15, 0.2) is 24.8 Å². The molecule has 1 amide bonds. The Morgan fingerprint density at radius 2 is 1.84 bits per heavy atom. The fraction of sp³-hybridized carbons (Fsp3) is 0.718. The molecule has 1 aromatic rings. The zero-order chi connectivity index (χ0) is 36.4. The molecule has 2 bridgehead atoms. The van der Waals surface area contributed by atoms with E-state index in [1.807, 2.05) is 33.8 Å². The Bertz CT molecular complexity index is 1520. The number of esters is 1. The summed E-state index contributed by atoms with van der Waals surface area (Å²) in [6.07, 6.45) is 4.85. The monoisotopic (exact) mass is 693 g/mol. The van der Waals surface area contributed by atoms with Crippen LogP contribution in [0.5, 0.6) is 5.75 Å². The molecular formula is C39H56BNO9. The van der Waals surface area contributed by atoms with Crippen LogP contribution in [0, 0.1) is 34.0 Å². The van der Waals surface area contributed by atoms with Crippen molar-refractivity contribution in [1.82, 2.24) is 4.90 Å². The van der Waals surface area contributed by atoms with Crippen molar-refractivity contribution in [3.63, 3.8) is 0 Å². The second kappa shape index (κ2) is 13.3. The van der Waals surface area contributed by atoms with Crippen molar-refractivity contribution in [2.45, 2.75) is 124 Å². The molecule has 274 valence electrons. The third-order valence-corrected chi connectivity index (χ3v) is 13.5. The first-order chi connectivity index (χ1) is 23.4. The fourth-order valence-corrected chi connectivity index (χ4v) is 10.3. The maximum absolute atomic E-state index is 13.7. The molecule has 5 aliphatic rings. The highest BCUT2D eigenvalue weighted by atomic mass is 16.6. The van der Waals surface area contributed by atoms with E-state index in [4.69, 9.17) is 18.9 Å². The van der Waals surface area contributed by atoms with Crippen LogP contribution in [0.2, 0.25) is 0 Å². The molecule has 2 aliphatic heterocycles. The van der Waals surface area contributed by atoms with Gasteiger partial charge in [0, 0.05) is 36.3 Å². The number of likely N-dealkylation sites (tertiary alicyclic amines) is 1. The minimum Gasteiger partial charge on any atom is -0.482 e. The number of amides is 1. The molecule has 1 aromatic carbocycles. The smallest absolute Gasteiger partial charge is 0.482 e. The Labute approximate surface area is 297 Å². The van der Waals surface area contributed by atoms with E-state index in [1.54, 1.807) is 17.0 Å². The van der Waals surface area contributed by atoms with E-state index < -0.39 is 41.7 Å². The van der Waals surface area contributed by atoms with Gasteiger partial charge in [-0.2, -0.15) is 0 Å². The minimum absolute atomic E-state index is 0.101. The van der Waals surface area contributed by atoms with Gasteiger partial charge in [-0.05, 0) is 111 Å². The van der Waals surface area contributed by atoms with Gasteiger partial charge < -0.3 is 33.9 Å². The number of benzene rings is 1. The topological polar surface area (TPSA) is 132 Å². The zero-order valence-electron chi connectivity index (χ0n) is 31.0. The molecular weight excluding hydrogens is 637 g/mol. The van der Waals surface area contributed by atoms with Gasteiger partial charge in [0.1, 0.15) is 23.2 Å². The molecule has 2 N–H and O–H groups in total. The second-order valence-corrected chi connectivity index (χ2v) is 17.3. The summed E-state index contributed by atoms with van der Waals surface area (Å²) >= 11 is 0. The van der Waals surface area contributed by atoms with Crippen LogP contribution < -0.4 is 10.2 Å². The molecule has 2 unspecified atom stereocenters. The van der Waals surface area contributed by atoms with Gasteiger partial charge >= 0.3 is 19.2 Å². The molecule has 4 fully saturated rings. The summed E-state index contributed by atoms with van der Waals surface area (Å²) in [5, 5.41) is 22.5. The molecule has 0 aromatic heterocycles. The number of nitrogens with zero attached hydrogens (tertiary/aromatic N) is 1. The Hall–Kier alpha value is -2.89. The summed E-state index contributed by atoms with van der Waals surface area (Å²) in [6, 6.07) is 3.64. The van der Waals surface area contributed by atoms with Gasteiger partial charge in [0.25, 0.3) is 0 Å². The van der Waals surface area contributed by atoms with Gasteiger partial charge in [0.05, 0.1) is 12.7 Å². The number of Topliss-reactive ketones (excluding diaryl/α,β-unsaturated/α-hetero) is 1. The van der Waals surface area contributed by atoms with Gasteiger partial charge in [-0.15, -0.1) is 6.58 Å². The van der Waals surface area contributed by atoms with Gasteiger partial charge in [0.2, 0.25) is 0 Å². The van der Waals surface area contributed by atoms with Crippen LogP contribution in [-0.4, -0.2) is 77.5 Å². The molecule has 50 heavy (non-hydrogen) atoms. The standard InChI is InChI=1S/C39H56BNO9/c1-9-37(7)20-31(38(8)23(2)10-14-39(24(3)34(37)44)15-11-30(42)33(38)39)49-32(43)22-47-26-18-27(28-21-48-40(46)29(28)19-26)25-12-16-41(17-13-25)35(45)50-36(4,5)6/h9,18-19,23-25,31,33-34,44,46H,1,10-17,20-22H2,2-8H3/t23-,24+,31?,33?,34+,37-,38+,39+/m1/s1. The number of carbonyl (C=O) groups is 3. The third kappa shape index (κ3) is 6.29. The van der Waals surface area contributed by atoms with Gasteiger partial charge in [0.15, 0.2) is 6.61 Å². The van der Waals surface area contributed by atoms with Crippen LogP contribution in [0.3, 0.4) is 0 Å². The van der Waals surface area contributed by atoms with Crippen molar-refractivity contribution in [2.24, 2.45) is 34.0 Å². The number of aliphatic hydroxyl groups is 1. The predicted octanol–water partition coefficient (Wildman–Crippen LogP) is 5.30. The van der Waals surface area contributed by atoms with E-state index in [-0.39, 0.29) is 54.2 Å². The maximum Gasteiger partial charge on any atom is 0.491 e. The largest absolute Gasteiger partial charge is 0.491 e. The summed E-state index contributed by atoms with van der Waals surface area (Å²) in [4.78, 5) is 41.9. The number of ether oxygens (including phenoxy) is 3. The average molecular weight is 694 g/mol. The highest BCUT2D eigenvalue weighted by molar-refractivity contribution is 6.61. The highest BCUT2D eigenvalue weighted by Gasteiger charge is 2.68. The van der Waals surface area contributed by atoms with Crippen molar-refractivity contribution >= 4 is 30.4 Å². The number of hydrogen-bond acceptors (Lipinski definition) is 9. The van der Waals surface area contributed by atoms with Crippen molar-refractivity contribution < 1.29 is 43.4 Å². The Balaban J connectivity index is 1.21. The number of rotatable bonds is 6. The molecule has 1 saturated heterocycles. The van der Waals surface area contributed by atoms with E-state index in [2.05, 4.69) is 27.4 Å². The Kier molecular flexibility index (Phi) is 9.79. The molecule has 6 rings (SSSR count). The van der Waals surface area contributed by atoms with E-state index in [0.29, 0.717) is 50.0 Å². The molecule has 0 radical (unpaired) electrons. The molecule has 3 aliphatic carbocycles. The maximum atomic E-state index is 13.7. The van der Waals surface area contributed by atoms with E-state index in [1.165, 1.54) is 0 Å². The summed E-state index contributed by atoms with van der Waals surface area (Å²) in [6.45, 7) is 19.0. The van der Waals surface area contributed by atoms with E-state index in [9.17, 15) is 24.5 Å². The molecule has 0 spiro atoms. The van der Waals surface area contributed by atoms with Crippen LogP contribution in [-0.2, 0) is 30.3 Å². The van der Waals surface area contributed by atoms with Gasteiger partial charge in [-0.3, -0.25) is 4.79 Å². The van der Waals surface area contributed by atoms with Crippen LogP contribution in [0.1, 0.15) is 110 Å². The van der Waals surface area contributed by atoms with E-state index >= 15 is 0 Å². The summed E-state index contributed by atoms with van der Waals surface area (Å²) in [7, 11) is -1.10. The number of fused-ring (bicyclic) bond motifs is 1. The zero-order valence-corrected chi connectivity index (χ0v) is 31.0. The lowest BCUT2D eigenvalue weighted by molar-refractivity contribution is -0.207. The van der Waals surface area contributed by atoms with Crippen LogP contribution in [0.4, 0.5) is 4.79 Å².